The second-order valence-electron chi connectivity index (χ2n) is 9.21. The van der Waals surface area contributed by atoms with Crippen LogP contribution in [0.4, 0.5) is 0 Å². The number of carbonyl (C=O) groups is 2. The van der Waals surface area contributed by atoms with Gasteiger partial charge in [-0.05, 0) is 55.7 Å². The third-order valence-electron chi connectivity index (χ3n) is 6.04. The van der Waals surface area contributed by atoms with Gasteiger partial charge in [0.1, 0.15) is 6.04 Å². The number of allylic oxidation sites excluding steroid dienone is 1. The average Bonchev–Trinajstić information content (AvgIpc) is 3.22. The second-order valence-corrected chi connectivity index (χ2v) is 10.0. The summed E-state index contributed by atoms with van der Waals surface area (Å²) in [7, 11) is 0. The third kappa shape index (κ3) is 6.22. The molecular formula is C25H37N3O2S. The zero-order valence-corrected chi connectivity index (χ0v) is 20.6. The number of hydrogen-bond donors (Lipinski definition) is 1. The van der Waals surface area contributed by atoms with E-state index in [0.717, 1.165) is 41.0 Å². The van der Waals surface area contributed by atoms with E-state index in [1.165, 1.54) is 0 Å². The fraction of sp³-hybridized carbons (Fsp3) is 0.560. The number of thioether (sulfide) groups is 1. The van der Waals surface area contributed by atoms with Crippen molar-refractivity contribution < 1.29 is 9.59 Å². The van der Waals surface area contributed by atoms with Crippen molar-refractivity contribution in [3.63, 3.8) is 0 Å². The standard InChI is InChI=1S/C25H37N3O2S/c1-8-20(25(3,4)5)24(30)28-15-9-10-21(28)23(29)27-16-18-11-13-19(14-12-18)22(31-7)17(2)26-6/h11-14,20-21H,6,8-10,15-16H2,1-5,7H3,(H,27,29)/b22-17-. The van der Waals surface area contributed by atoms with Gasteiger partial charge in [0.2, 0.25) is 11.8 Å². The first-order valence-corrected chi connectivity index (χ1v) is 12.3. The molecule has 2 amide bonds. The summed E-state index contributed by atoms with van der Waals surface area (Å²) in [6, 6.07) is 7.76. The zero-order valence-electron chi connectivity index (χ0n) is 19.8. The lowest BCUT2D eigenvalue weighted by Gasteiger charge is -2.34. The Morgan fingerprint density at radius 3 is 2.45 bits per heavy atom. The molecule has 1 heterocycles. The summed E-state index contributed by atoms with van der Waals surface area (Å²) in [6.45, 7) is 15.0. The molecule has 6 heteroatoms. The largest absolute Gasteiger partial charge is 0.350 e. The summed E-state index contributed by atoms with van der Waals surface area (Å²) in [5.74, 6) is -0.0182. The number of rotatable bonds is 8. The number of amides is 2. The van der Waals surface area contributed by atoms with Gasteiger partial charge in [0, 0.05) is 23.9 Å². The van der Waals surface area contributed by atoms with E-state index in [2.05, 4.69) is 37.8 Å². The van der Waals surface area contributed by atoms with Crippen molar-refractivity contribution >= 4 is 35.2 Å². The van der Waals surface area contributed by atoms with Crippen LogP contribution in [0.2, 0.25) is 0 Å². The van der Waals surface area contributed by atoms with Crippen molar-refractivity contribution in [2.75, 3.05) is 12.8 Å². The first-order chi connectivity index (χ1) is 14.6. The lowest BCUT2D eigenvalue weighted by molar-refractivity contribution is -0.144. The number of carbonyl (C=O) groups excluding carboxylic acids is 2. The van der Waals surface area contributed by atoms with Gasteiger partial charge >= 0.3 is 0 Å². The normalized spacial score (nSPS) is 18.4. The fourth-order valence-electron chi connectivity index (χ4n) is 4.29. The Kier molecular flexibility index (Phi) is 8.92. The average molecular weight is 444 g/mol. The van der Waals surface area contributed by atoms with E-state index in [9.17, 15) is 9.59 Å². The van der Waals surface area contributed by atoms with E-state index in [1.54, 1.807) is 16.7 Å². The van der Waals surface area contributed by atoms with E-state index in [1.807, 2.05) is 44.4 Å². The van der Waals surface area contributed by atoms with Gasteiger partial charge < -0.3 is 10.2 Å². The first-order valence-electron chi connectivity index (χ1n) is 11.0. The molecular weight excluding hydrogens is 406 g/mol. The summed E-state index contributed by atoms with van der Waals surface area (Å²) < 4.78 is 0. The molecule has 0 aliphatic carbocycles. The molecule has 1 aliphatic heterocycles. The molecule has 1 aromatic rings. The summed E-state index contributed by atoms with van der Waals surface area (Å²) >= 11 is 1.64. The van der Waals surface area contributed by atoms with Crippen LogP contribution in [0.1, 0.15) is 65.0 Å². The molecule has 2 rings (SSSR count). The van der Waals surface area contributed by atoms with Crippen molar-refractivity contribution in [1.82, 2.24) is 10.2 Å². The Morgan fingerprint density at radius 2 is 1.94 bits per heavy atom. The van der Waals surface area contributed by atoms with Crippen molar-refractivity contribution in [1.29, 1.82) is 0 Å². The highest BCUT2D eigenvalue weighted by atomic mass is 32.2. The predicted octanol–water partition coefficient (Wildman–Crippen LogP) is 5.12. The molecule has 0 spiro atoms. The van der Waals surface area contributed by atoms with Crippen LogP contribution in [0.25, 0.3) is 4.91 Å². The van der Waals surface area contributed by atoms with Crippen LogP contribution in [-0.4, -0.2) is 42.3 Å². The van der Waals surface area contributed by atoms with Crippen LogP contribution in [0, 0.1) is 11.3 Å². The lowest BCUT2D eigenvalue weighted by Crippen LogP contribution is -2.49. The second kappa shape index (κ2) is 11.0. The van der Waals surface area contributed by atoms with Gasteiger partial charge in [-0.1, -0.05) is 52.0 Å². The molecule has 31 heavy (non-hydrogen) atoms. The van der Waals surface area contributed by atoms with Crippen molar-refractivity contribution in [2.45, 2.75) is 66.5 Å². The summed E-state index contributed by atoms with van der Waals surface area (Å²) in [5, 5.41) is 3.04. The number of hydrogen-bond acceptors (Lipinski definition) is 4. The topological polar surface area (TPSA) is 61.8 Å². The summed E-state index contributed by atoms with van der Waals surface area (Å²) in [5.41, 5.74) is 2.91. The predicted molar refractivity (Wildman–Crippen MR) is 132 cm³/mol. The maximum atomic E-state index is 13.1. The third-order valence-corrected chi connectivity index (χ3v) is 6.98. The molecule has 1 fully saturated rings. The minimum absolute atomic E-state index is 0.0601. The SMILES string of the molecule is C=N/C(C)=C(\SC)c1ccc(CNC(=O)C2CCCN2C(=O)C(CC)C(C)(C)C)cc1. The number of aliphatic imine (C=N–C) groups is 1. The lowest BCUT2D eigenvalue weighted by atomic mass is 9.78. The maximum absolute atomic E-state index is 13.1. The van der Waals surface area contributed by atoms with Gasteiger partial charge in [-0.3, -0.25) is 14.6 Å². The molecule has 0 bridgehead atoms. The molecule has 0 aromatic heterocycles. The highest BCUT2D eigenvalue weighted by Gasteiger charge is 2.40. The highest BCUT2D eigenvalue weighted by Crippen LogP contribution is 2.33. The molecule has 1 aromatic carbocycles. The first kappa shape index (κ1) is 25.2. The Labute approximate surface area is 191 Å². The molecule has 170 valence electrons. The van der Waals surface area contributed by atoms with Crippen molar-refractivity contribution in [3.05, 3.63) is 41.1 Å². The molecule has 0 radical (unpaired) electrons. The molecule has 2 unspecified atom stereocenters. The molecule has 2 atom stereocenters. The van der Waals surface area contributed by atoms with Gasteiger partial charge in [0.25, 0.3) is 0 Å². The van der Waals surface area contributed by atoms with Crippen LogP contribution < -0.4 is 5.32 Å². The monoisotopic (exact) mass is 443 g/mol. The van der Waals surface area contributed by atoms with E-state index in [-0.39, 0.29) is 29.2 Å². The number of likely N-dealkylation sites (tertiary alicyclic amines) is 1. The Bertz CT molecular complexity index is 824. The van der Waals surface area contributed by atoms with Gasteiger partial charge in [-0.15, -0.1) is 11.8 Å². The maximum Gasteiger partial charge on any atom is 0.243 e. The van der Waals surface area contributed by atoms with Crippen LogP contribution in [0.15, 0.2) is 35.0 Å². The molecule has 1 aliphatic rings. The summed E-state index contributed by atoms with van der Waals surface area (Å²) in [4.78, 5) is 33.0. The number of nitrogens with one attached hydrogen (secondary N) is 1. The zero-order chi connectivity index (χ0) is 23.2. The molecule has 1 N–H and O–H groups in total. The van der Waals surface area contributed by atoms with Gasteiger partial charge in [-0.2, -0.15) is 0 Å². The van der Waals surface area contributed by atoms with Crippen LogP contribution >= 0.6 is 11.8 Å². The van der Waals surface area contributed by atoms with E-state index < -0.39 is 0 Å². The molecule has 5 nitrogen and oxygen atoms in total. The minimum Gasteiger partial charge on any atom is -0.350 e. The molecule has 0 saturated carbocycles. The van der Waals surface area contributed by atoms with Crippen molar-refractivity contribution in [3.8, 4) is 0 Å². The van der Waals surface area contributed by atoms with Gasteiger partial charge in [0.15, 0.2) is 0 Å². The van der Waals surface area contributed by atoms with E-state index >= 15 is 0 Å². The highest BCUT2D eigenvalue weighted by molar-refractivity contribution is 8.07. The van der Waals surface area contributed by atoms with E-state index in [0.29, 0.717) is 13.1 Å². The van der Waals surface area contributed by atoms with E-state index in [4.69, 9.17) is 0 Å². The van der Waals surface area contributed by atoms with Crippen LogP contribution in [0.3, 0.4) is 0 Å². The van der Waals surface area contributed by atoms with Crippen LogP contribution in [0.5, 0.6) is 0 Å². The van der Waals surface area contributed by atoms with Crippen LogP contribution in [-0.2, 0) is 16.1 Å². The van der Waals surface area contributed by atoms with Crippen molar-refractivity contribution in [2.24, 2.45) is 16.3 Å². The van der Waals surface area contributed by atoms with Gasteiger partial charge in [0.05, 0.1) is 5.70 Å². The smallest absolute Gasteiger partial charge is 0.243 e. The summed E-state index contributed by atoms with van der Waals surface area (Å²) in [6.07, 6.45) is 4.41. The van der Waals surface area contributed by atoms with Gasteiger partial charge in [-0.25, -0.2) is 0 Å². The fourth-order valence-corrected chi connectivity index (χ4v) is 5.02. The molecule has 1 saturated heterocycles. The Morgan fingerprint density at radius 1 is 1.29 bits per heavy atom. The minimum atomic E-state index is -0.365. The Hall–Kier alpha value is -2.08. The number of nitrogens with zero attached hydrogens (tertiary/aromatic N) is 2. The number of benzene rings is 1. The quantitative estimate of drug-likeness (QED) is 0.567. The Balaban J connectivity index is 2.03.